The highest BCUT2D eigenvalue weighted by Crippen LogP contribution is 2.29. The van der Waals surface area contributed by atoms with Crippen molar-refractivity contribution in [3.63, 3.8) is 0 Å². The summed E-state index contributed by atoms with van der Waals surface area (Å²) in [6.07, 6.45) is 0. The summed E-state index contributed by atoms with van der Waals surface area (Å²) in [5.41, 5.74) is 1.10. The predicted molar refractivity (Wildman–Crippen MR) is 97.8 cm³/mol. The van der Waals surface area contributed by atoms with Crippen LogP contribution in [-0.4, -0.2) is 69.8 Å². The van der Waals surface area contributed by atoms with Gasteiger partial charge in [-0.15, -0.1) is 10.2 Å². The van der Waals surface area contributed by atoms with Crippen molar-refractivity contribution in [3.8, 4) is 11.4 Å². The Hall–Kier alpha value is -0.930. The number of benzene rings is 1. The van der Waals surface area contributed by atoms with Crippen LogP contribution >= 0.6 is 27.7 Å². The number of aromatic nitrogens is 3. The van der Waals surface area contributed by atoms with E-state index in [1.165, 1.54) is 0 Å². The number of ether oxygens (including phenoxy) is 1. The largest absolute Gasteiger partial charge is 0.379 e. The molecule has 1 aromatic heterocycles. The molecule has 0 N–H and O–H groups in total. The van der Waals surface area contributed by atoms with E-state index < -0.39 is 0 Å². The van der Waals surface area contributed by atoms with Crippen molar-refractivity contribution in [1.82, 2.24) is 24.6 Å². The molecule has 0 saturated carbocycles. The molecule has 0 spiro atoms. The van der Waals surface area contributed by atoms with Gasteiger partial charge in [0.2, 0.25) is 0 Å². The average Bonchev–Trinajstić information content (AvgIpc) is 3.05. The van der Waals surface area contributed by atoms with Crippen LogP contribution in [0.25, 0.3) is 11.4 Å². The first-order valence-corrected chi connectivity index (χ1v) is 9.92. The van der Waals surface area contributed by atoms with Gasteiger partial charge in [-0.25, -0.2) is 0 Å². The third-order valence-electron chi connectivity index (χ3n) is 4.37. The van der Waals surface area contributed by atoms with Gasteiger partial charge in [0.15, 0.2) is 11.0 Å². The number of rotatable bonds is 4. The van der Waals surface area contributed by atoms with Crippen LogP contribution < -0.4 is 0 Å². The van der Waals surface area contributed by atoms with Crippen molar-refractivity contribution < 1.29 is 4.74 Å². The third kappa shape index (κ3) is 3.67. The first-order valence-electron chi connectivity index (χ1n) is 8.14. The Morgan fingerprint density at radius 3 is 2.58 bits per heavy atom. The van der Waals surface area contributed by atoms with Gasteiger partial charge in [0.25, 0.3) is 0 Å². The monoisotopic (exact) mass is 409 g/mol. The summed E-state index contributed by atoms with van der Waals surface area (Å²) < 4.78 is 8.71. The van der Waals surface area contributed by atoms with Gasteiger partial charge in [0, 0.05) is 36.2 Å². The summed E-state index contributed by atoms with van der Waals surface area (Å²) >= 11 is 5.25. The molecule has 1 fully saturated rings. The first-order chi connectivity index (χ1) is 11.8. The second-order valence-corrected chi connectivity index (χ2v) is 7.83. The Morgan fingerprint density at radius 2 is 1.79 bits per heavy atom. The maximum Gasteiger partial charge on any atom is 0.193 e. The van der Waals surface area contributed by atoms with Crippen LogP contribution in [0.15, 0.2) is 33.9 Å². The lowest BCUT2D eigenvalue weighted by Gasteiger charge is -2.32. The second kappa shape index (κ2) is 7.53. The quantitative estimate of drug-likeness (QED) is 0.772. The summed E-state index contributed by atoms with van der Waals surface area (Å²) in [6.45, 7) is 6.81. The van der Waals surface area contributed by atoms with Crippen LogP contribution in [0.3, 0.4) is 0 Å². The van der Waals surface area contributed by atoms with E-state index in [2.05, 4.69) is 52.6 Å². The van der Waals surface area contributed by atoms with E-state index in [-0.39, 0.29) is 0 Å². The Kier molecular flexibility index (Phi) is 5.19. The molecule has 0 unspecified atom stereocenters. The topological polar surface area (TPSA) is 46.4 Å². The van der Waals surface area contributed by atoms with Crippen LogP contribution in [0, 0.1) is 0 Å². The molecule has 0 bridgehead atoms. The molecule has 4 rings (SSSR count). The Balaban J connectivity index is 1.44. The zero-order chi connectivity index (χ0) is 16.4. The number of nitrogens with zero attached hydrogens (tertiary/aromatic N) is 5. The van der Waals surface area contributed by atoms with E-state index in [9.17, 15) is 0 Å². The Morgan fingerprint density at radius 1 is 1.04 bits per heavy atom. The van der Waals surface area contributed by atoms with Gasteiger partial charge in [-0.2, -0.15) is 0 Å². The highest BCUT2D eigenvalue weighted by Gasteiger charge is 2.23. The SMILES string of the molecule is Brc1ccc(-c2nnc3n2CN(CCN2CCOCC2)CS3)cc1. The molecule has 0 radical (unpaired) electrons. The fourth-order valence-electron chi connectivity index (χ4n) is 2.97. The van der Waals surface area contributed by atoms with Crippen molar-refractivity contribution in [2.24, 2.45) is 0 Å². The number of hydrogen-bond donors (Lipinski definition) is 0. The van der Waals surface area contributed by atoms with Gasteiger partial charge >= 0.3 is 0 Å². The molecule has 128 valence electrons. The van der Waals surface area contributed by atoms with Gasteiger partial charge < -0.3 is 4.74 Å². The minimum Gasteiger partial charge on any atom is -0.379 e. The lowest BCUT2D eigenvalue weighted by atomic mass is 10.2. The van der Waals surface area contributed by atoms with Gasteiger partial charge in [-0.3, -0.25) is 14.4 Å². The zero-order valence-corrected chi connectivity index (χ0v) is 15.8. The van der Waals surface area contributed by atoms with Gasteiger partial charge in [-0.1, -0.05) is 39.8 Å². The van der Waals surface area contributed by atoms with Crippen molar-refractivity contribution in [2.75, 3.05) is 45.3 Å². The van der Waals surface area contributed by atoms with Crippen LogP contribution in [-0.2, 0) is 11.4 Å². The van der Waals surface area contributed by atoms with Gasteiger partial charge in [-0.05, 0) is 12.1 Å². The lowest BCUT2D eigenvalue weighted by molar-refractivity contribution is 0.0325. The molecule has 1 aromatic carbocycles. The molecule has 2 aromatic rings. The number of thioether (sulfide) groups is 1. The summed E-state index contributed by atoms with van der Waals surface area (Å²) in [7, 11) is 0. The lowest BCUT2D eigenvalue weighted by Crippen LogP contribution is -2.42. The average molecular weight is 410 g/mol. The fourth-order valence-corrected chi connectivity index (χ4v) is 4.14. The van der Waals surface area contributed by atoms with E-state index in [4.69, 9.17) is 4.74 Å². The molecule has 2 aliphatic rings. The number of halogens is 1. The molecular weight excluding hydrogens is 390 g/mol. The normalized spacial score (nSPS) is 19.4. The molecule has 2 aliphatic heterocycles. The van der Waals surface area contributed by atoms with E-state index in [0.29, 0.717) is 0 Å². The molecule has 24 heavy (non-hydrogen) atoms. The van der Waals surface area contributed by atoms with E-state index in [1.54, 1.807) is 11.8 Å². The maximum absolute atomic E-state index is 5.42. The van der Waals surface area contributed by atoms with Crippen LogP contribution in [0.5, 0.6) is 0 Å². The fraction of sp³-hybridized carbons (Fsp3) is 0.500. The highest BCUT2D eigenvalue weighted by atomic mass is 79.9. The standard InChI is InChI=1S/C16H20BrN5OS/c17-14-3-1-13(2-4-14)15-18-19-16-22(15)11-21(12-24-16)6-5-20-7-9-23-10-8-20/h1-4H,5-12H2. The maximum atomic E-state index is 5.42. The molecule has 0 atom stereocenters. The number of hydrogen-bond acceptors (Lipinski definition) is 6. The van der Waals surface area contributed by atoms with Crippen LogP contribution in [0.1, 0.15) is 0 Å². The first kappa shape index (κ1) is 16.5. The van der Waals surface area contributed by atoms with E-state index >= 15 is 0 Å². The van der Waals surface area contributed by atoms with Crippen molar-refractivity contribution >= 4 is 27.7 Å². The number of fused-ring (bicyclic) bond motifs is 1. The van der Waals surface area contributed by atoms with Crippen molar-refractivity contribution in [1.29, 1.82) is 0 Å². The molecule has 3 heterocycles. The minimum absolute atomic E-state index is 0.852. The molecule has 0 aliphatic carbocycles. The van der Waals surface area contributed by atoms with E-state index in [1.807, 2.05) is 12.1 Å². The molecule has 6 nitrogen and oxygen atoms in total. The summed E-state index contributed by atoms with van der Waals surface area (Å²) in [5.74, 6) is 1.92. The molecule has 8 heteroatoms. The predicted octanol–water partition coefficient (Wildman–Crippen LogP) is 2.36. The number of morpholine rings is 1. The van der Waals surface area contributed by atoms with Crippen LogP contribution in [0.4, 0.5) is 0 Å². The van der Waals surface area contributed by atoms with Crippen LogP contribution in [0.2, 0.25) is 0 Å². The molecule has 0 amide bonds. The van der Waals surface area contributed by atoms with Gasteiger partial charge in [0.05, 0.1) is 25.8 Å². The van der Waals surface area contributed by atoms with E-state index in [0.717, 1.165) is 73.0 Å². The summed E-state index contributed by atoms with van der Waals surface area (Å²) in [5, 5.41) is 9.77. The van der Waals surface area contributed by atoms with Gasteiger partial charge in [0.1, 0.15) is 0 Å². The van der Waals surface area contributed by atoms with Crippen molar-refractivity contribution in [2.45, 2.75) is 11.8 Å². The minimum atomic E-state index is 0.852. The molecular formula is C16H20BrN5OS. The van der Waals surface area contributed by atoms with Crippen molar-refractivity contribution in [3.05, 3.63) is 28.7 Å². The highest BCUT2D eigenvalue weighted by molar-refractivity contribution is 9.10. The summed E-state index contributed by atoms with van der Waals surface area (Å²) in [6, 6.07) is 8.25. The Labute approximate surface area is 154 Å². The Bertz CT molecular complexity index is 686. The second-order valence-electron chi connectivity index (χ2n) is 6.00. The summed E-state index contributed by atoms with van der Waals surface area (Å²) in [4.78, 5) is 4.93. The third-order valence-corrected chi connectivity index (χ3v) is 5.96. The zero-order valence-electron chi connectivity index (χ0n) is 13.4. The smallest absolute Gasteiger partial charge is 0.193 e. The molecule has 1 saturated heterocycles.